The molecule has 166 valence electrons. The highest BCUT2D eigenvalue weighted by Gasteiger charge is 2.24. The number of nitrogens with one attached hydrogen (secondary N) is 2. The first-order valence-corrected chi connectivity index (χ1v) is 10.4. The molecule has 5 rings (SSSR count). The van der Waals surface area contributed by atoms with Gasteiger partial charge in [0.05, 0.1) is 6.61 Å². The maximum atomic E-state index is 13.1. The summed E-state index contributed by atoms with van der Waals surface area (Å²) in [4.78, 5) is 26.1. The van der Waals surface area contributed by atoms with E-state index in [2.05, 4.69) is 10.6 Å². The van der Waals surface area contributed by atoms with Crippen LogP contribution in [0.3, 0.4) is 0 Å². The van der Waals surface area contributed by atoms with Crippen molar-refractivity contribution in [3.63, 3.8) is 0 Å². The molecule has 2 amide bonds. The third-order valence-corrected chi connectivity index (χ3v) is 5.10. The number of hydrogen-bond acceptors (Lipinski definition) is 6. The Kier molecular flexibility index (Phi) is 5.32. The zero-order valence-corrected chi connectivity index (χ0v) is 17.7. The van der Waals surface area contributed by atoms with Gasteiger partial charge in [-0.05, 0) is 61.5 Å². The number of fused-ring (bicyclic) bond motifs is 2. The number of anilines is 2. The van der Waals surface area contributed by atoms with Gasteiger partial charge in [0, 0.05) is 16.6 Å². The Labute approximate surface area is 189 Å². The van der Waals surface area contributed by atoms with E-state index in [1.54, 1.807) is 60.7 Å². The lowest BCUT2D eigenvalue weighted by atomic mass is 10.1. The van der Waals surface area contributed by atoms with E-state index in [4.69, 9.17) is 18.6 Å². The lowest BCUT2D eigenvalue weighted by molar-refractivity contribution is 0.0999. The zero-order valence-electron chi connectivity index (χ0n) is 17.7. The van der Waals surface area contributed by atoms with Gasteiger partial charge < -0.3 is 29.3 Å². The average Bonchev–Trinajstić information content (AvgIpc) is 3.45. The third-order valence-electron chi connectivity index (χ3n) is 5.10. The smallest absolute Gasteiger partial charge is 0.293 e. The van der Waals surface area contributed by atoms with E-state index in [1.165, 1.54) is 0 Å². The number of benzene rings is 3. The molecule has 3 aromatic carbocycles. The molecule has 1 aliphatic heterocycles. The molecular formula is C25H20N2O6. The van der Waals surface area contributed by atoms with Crippen LogP contribution in [-0.4, -0.2) is 25.2 Å². The number of hydrogen-bond donors (Lipinski definition) is 2. The van der Waals surface area contributed by atoms with Crippen molar-refractivity contribution in [1.29, 1.82) is 0 Å². The second-order valence-electron chi connectivity index (χ2n) is 7.24. The fourth-order valence-corrected chi connectivity index (χ4v) is 3.54. The molecule has 2 heterocycles. The van der Waals surface area contributed by atoms with Gasteiger partial charge in [-0.1, -0.05) is 12.1 Å². The predicted molar refractivity (Wildman–Crippen MR) is 122 cm³/mol. The quantitative estimate of drug-likeness (QED) is 0.431. The fourth-order valence-electron chi connectivity index (χ4n) is 3.54. The van der Waals surface area contributed by atoms with Gasteiger partial charge in [0.15, 0.2) is 11.5 Å². The summed E-state index contributed by atoms with van der Waals surface area (Å²) in [5.41, 5.74) is 1.70. The largest absolute Gasteiger partial charge is 0.494 e. The summed E-state index contributed by atoms with van der Waals surface area (Å²) in [6.07, 6.45) is 0. The molecular weight excluding hydrogens is 424 g/mol. The summed E-state index contributed by atoms with van der Waals surface area (Å²) in [7, 11) is 0. The van der Waals surface area contributed by atoms with E-state index < -0.39 is 11.8 Å². The summed E-state index contributed by atoms with van der Waals surface area (Å²) in [6.45, 7) is 2.57. The molecule has 0 fully saturated rings. The van der Waals surface area contributed by atoms with Crippen molar-refractivity contribution in [3.05, 3.63) is 78.1 Å². The number of rotatable bonds is 6. The number of para-hydroxylation sites is 1. The first kappa shape index (κ1) is 20.4. The van der Waals surface area contributed by atoms with E-state index in [-0.39, 0.29) is 18.2 Å². The summed E-state index contributed by atoms with van der Waals surface area (Å²) >= 11 is 0. The topological polar surface area (TPSA) is 99.0 Å². The standard InChI is InChI=1S/C25H20N2O6/c1-2-30-17-10-8-16(9-11-17)26-25(29)23-22(18-5-3-4-6-19(18)33-23)27-24(28)15-7-12-20-21(13-15)32-14-31-20/h3-13H,2,14H2,1H3,(H,26,29)(H,27,28). The normalized spacial score (nSPS) is 11.9. The Balaban J connectivity index is 1.43. The Hall–Kier alpha value is -4.46. The first-order chi connectivity index (χ1) is 16.1. The molecule has 1 aromatic heterocycles. The van der Waals surface area contributed by atoms with Gasteiger partial charge in [0.25, 0.3) is 11.8 Å². The van der Waals surface area contributed by atoms with E-state index in [0.717, 1.165) is 0 Å². The highest BCUT2D eigenvalue weighted by atomic mass is 16.7. The van der Waals surface area contributed by atoms with Gasteiger partial charge in [-0.3, -0.25) is 9.59 Å². The van der Waals surface area contributed by atoms with Gasteiger partial charge in [0.2, 0.25) is 12.6 Å². The third kappa shape index (κ3) is 4.06. The number of carbonyl (C=O) groups excluding carboxylic acids is 2. The predicted octanol–water partition coefficient (Wildman–Crippen LogP) is 5.06. The van der Waals surface area contributed by atoms with Crippen molar-refractivity contribution in [3.8, 4) is 17.2 Å². The SMILES string of the molecule is CCOc1ccc(NC(=O)c2oc3ccccc3c2NC(=O)c2ccc3c(c2)OCO3)cc1. The van der Waals surface area contributed by atoms with Crippen molar-refractivity contribution < 1.29 is 28.2 Å². The van der Waals surface area contributed by atoms with Crippen LogP contribution in [-0.2, 0) is 0 Å². The van der Waals surface area contributed by atoms with Crippen LogP contribution in [0, 0.1) is 0 Å². The molecule has 0 saturated carbocycles. The summed E-state index contributed by atoms with van der Waals surface area (Å²) in [6, 6.07) is 19.0. The molecule has 8 nitrogen and oxygen atoms in total. The Bertz CT molecular complexity index is 1340. The molecule has 0 aliphatic carbocycles. The van der Waals surface area contributed by atoms with Gasteiger partial charge in [-0.25, -0.2) is 0 Å². The molecule has 0 spiro atoms. The van der Waals surface area contributed by atoms with E-state index in [1.807, 2.05) is 13.0 Å². The van der Waals surface area contributed by atoms with Crippen molar-refractivity contribution in [1.82, 2.24) is 0 Å². The van der Waals surface area contributed by atoms with Crippen molar-refractivity contribution in [2.45, 2.75) is 6.92 Å². The fraction of sp³-hybridized carbons (Fsp3) is 0.120. The van der Waals surface area contributed by atoms with Crippen LogP contribution in [0.1, 0.15) is 27.8 Å². The van der Waals surface area contributed by atoms with Gasteiger partial charge in [-0.15, -0.1) is 0 Å². The van der Waals surface area contributed by atoms with Crippen LogP contribution in [0.4, 0.5) is 11.4 Å². The second kappa shape index (κ2) is 8.58. The van der Waals surface area contributed by atoms with Crippen LogP contribution in [0.5, 0.6) is 17.2 Å². The number of ether oxygens (including phenoxy) is 3. The van der Waals surface area contributed by atoms with Crippen LogP contribution >= 0.6 is 0 Å². The molecule has 4 aromatic rings. The zero-order chi connectivity index (χ0) is 22.8. The Morgan fingerprint density at radius 3 is 2.52 bits per heavy atom. The lowest BCUT2D eigenvalue weighted by Crippen LogP contribution is -2.17. The highest BCUT2D eigenvalue weighted by Crippen LogP contribution is 2.34. The van der Waals surface area contributed by atoms with Gasteiger partial charge in [0.1, 0.15) is 17.0 Å². The van der Waals surface area contributed by atoms with Crippen molar-refractivity contribution >= 4 is 34.2 Å². The minimum atomic E-state index is -0.489. The van der Waals surface area contributed by atoms with Crippen LogP contribution in [0.2, 0.25) is 0 Å². The Morgan fingerprint density at radius 2 is 1.70 bits per heavy atom. The van der Waals surface area contributed by atoms with Gasteiger partial charge in [-0.2, -0.15) is 0 Å². The van der Waals surface area contributed by atoms with Gasteiger partial charge >= 0.3 is 0 Å². The molecule has 0 bridgehead atoms. The molecule has 0 saturated heterocycles. The molecule has 1 aliphatic rings. The highest BCUT2D eigenvalue weighted by molar-refractivity contribution is 6.17. The summed E-state index contributed by atoms with van der Waals surface area (Å²) < 4.78 is 21.9. The minimum absolute atomic E-state index is 0.000761. The molecule has 2 N–H and O–H groups in total. The van der Waals surface area contributed by atoms with Crippen molar-refractivity contribution in [2.24, 2.45) is 0 Å². The summed E-state index contributed by atoms with van der Waals surface area (Å²) in [5.74, 6) is 0.880. The van der Waals surface area contributed by atoms with E-state index in [9.17, 15) is 9.59 Å². The van der Waals surface area contributed by atoms with Crippen LogP contribution in [0.15, 0.2) is 71.1 Å². The first-order valence-electron chi connectivity index (χ1n) is 10.4. The molecule has 0 unspecified atom stereocenters. The molecule has 0 atom stereocenters. The minimum Gasteiger partial charge on any atom is -0.494 e. The molecule has 33 heavy (non-hydrogen) atoms. The lowest BCUT2D eigenvalue weighted by Gasteiger charge is -2.09. The Morgan fingerprint density at radius 1 is 0.909 bits per heavy atom. The van der Waals surface area contributed by atoms with E-state index in [0.29, 0.717) is 46.1 Å². The number of amides is 2. The average molecular weight is 444 g/mol. The maximum absolute atomic E-state index is 13.1. The maximum Gasteiger partial charge on any atom is 0.293 e. The molecule has 8 heteroatoms. The number of carbonyl (C=O) groups is 2. The van der Waals surface area contributed by atoms with Crippen LogP contribution < -0.4 is 24.8 Å². The monoisotopic (exact) mass is 444 g/mol. The number of furan rings is 1. The second-order valence-corrected chi connectivity index (χ2v) is 7.24. The van der Waals surface area contributed by atoms with Crippen molar-refractivity contribution in [2.75, 3.05) is 24.0 Å². The van der Waals surface area contributed by atoms with Crippen LogP contribution in [0.25, 0.3) is 11.0 Å². The molecule has 0 radical (unpaired) electrons. The van der Waals surface area contributed by atoms with E-state index >= 15 is 0 Å². The summed E-state index contributed by atoms with van der Waals surface area (Å²) in [5, 5.41) is 6.24.